The average Bonchev–Trinajstić information content (AvgIpc) is 2.51. The maximum atomic E-state index is 11.5. The average molecular weight is 314 g/mol. The number of aliphatic hydroxyl groups excluding tert-OH is 1. The summed E-state index contributed by atoms with van der Waals surface area (Å²) in [5, 5.41) is 9.31. The van der Waals surface area contributed by atoms with E-state index in [1.54, 1.807) is 0 Å². The summed E-state index contributed by atoms with van der Waals surface area (Å²) in [6, 6.07) is 0. The highest BCUT2D eigenvalue weighted by atomic mass is 16.3. The predicted octanol–water partition coefficient (Wildman–Crippen LogP) is 4.81. The van der Waals surface area contributed by atoms with Crippen LogP contribution in [0.5, 0.6) is 0 Å². The van der Waals surface area contributed by atoms with Crippen molar-refractivity contribution in [3.8, 4) is 0 Å². The number of unbranched alkanes of at least 4 members (excludes halogenated alkanes) is 10. The van der Waals surface area contributed by atoms with Crippen LogP contribution in [-0.2, 0) is 4.79 Å². The fourth-order valence-corrected chi connectivity index (χ4v) is 3.18. The highest BCUT2D eigenvalue weighted by Gasteiger charge is 2.23. The molecule has 0 aliphatic heterocycles. The van der Waals surface area contributed by atoms with Crippen molar-refractivity contribution >= 4 is 5.91 Å². The summed E-state index contributed by atoms with van der Waals surface area (Å²) in [5.41, 5.74) is 5.47. The Labute approximate surface area is 138 Å². The van der Waals surface area contributed by atoms with E-state index in [-0.39, 0.29) is 24.3 Å². The van der Waals surface area contributed by atoms with Crippen molar-refractivity contribution in [2.75, 3.05) is 6.61 Å². The van der Waals surface area contributed by atoms with Crippen molar-refractivity contribution in [1.29, 1.82) is 0 Å². The topological polar surface area (TPSA) is 63.3 Å². The van der Waals surface area contributed by atoms with Crippen molar-refractivity contribution in [1.82, 2.24) is 0 Å². The molecule has 0 saturated heterocycles. The lowest BCUT2D eigenvalue weighted by molar-refractivity contribution is -0.124. The molecule has 1 amide bonds. The van der Waals surface area contributed by atoms with E-state index in [1.807, 2.05) is 6.92 Å². The minimum atomic E-state index is -0.243. The monoisotopic (exact) mass is 313 g/mol. The van der Waals surface area contributed by atoms with Gasteiger partial charge in [0.05, 0.1) is 0 Å². The van der Waals surface area contributed by atoms with Crippen LogP contribution in [0.25, 0.3) is 0 Å². The summed E-state index contributed by atoms with van der Waals surface area (Å²) in [7, 11) is 0. The van der Waals surface area contributed by atoms with Gasteiger partial charge in [-0.1, -0.05) is 90.9 Å². The normalized spacial score (nSPS) is 14.0. The molecule has 0 aromatic heterocycles. The molecule has 0 aromatic rings. The van der Waals surface area contributed by atoms with Gasteiger partial charge >= 0.3 is 0 Å². The maximum absolute atomic E-state index is 11.5. The van der Waals surface area contributed by atoms with Gasteiger partial charge in [-0.15, -0.1) is 0 Å². The van der Waals surface area contributed by atoms with Crippen LogP contribution in [0.15, 0.2) is 0 Å². The molecule has 2 atom stereocenters. The molecule has 132 valence electrons. The van der Waals surface area contributed by atoms with Gasteiger partial charge in [-0.3, -0.25) is 4.79 Å². The Morgan fingerprint density at radius 3 is 1.68 bits per heavy atom. The third-order valence-electron chi connectivity index (χ3n) is 4.81. The number of rotatable bonds is 16. The van der Waals surface area contributed by atoms with Crippen LogP contribution in [-0.4, -0.2) is 17.6 Å². The van der Waals surface area contributed by atoms with Gasteiger partial charge in [-0.2, -0.15) is 0 Å². The minimum Gasteiger partial charge on any atom is -0.396 e. The molecule has 0 heterocycles. The van der Waals surface area contributed by atoms with Crippen molar-refractivity contribution in [2.45, 2.75) is 97.3 Å². The molecule has 3 N–H and O–H groups in total. The largest absolute Gasteiger partial charge is 0.396 e. The standard InChI is InChI=1S/C19H39NO2/c1-3-5-6-7-8-9-10-11-12-13-14-15-18(19(20)22)17(4-2)16-21/h17-18,21H,3-16H2,1-2H3,(H2,20,22). The molecule has 22 heavy (non-hydrogen) atoms. The van der Waals surface area contributed by atoms with Crippen LogP contribution in [0.1, 0.15) is 97.3 Å². The highest BCUT2D eigenvalue weighted by Crippen LogP contribution is 2.22. The third-order valence-corrected chi connectivity index (χ3v) is 4.81. The van der Waals surface area contributed by atoms with Crippen LogP contribution in [0.3, 0.4) is 0 Å². The molecule has 0 aliphatic carbocycles. The van der Waals surface area contributed by atoms with Crippen molar-refractivity contribution in [2.24, 2.45) is 17.6 Å². The summed E-state index contributed by atoms with van der Waals surface area (Å²) >= 11 is 0. The molecule has 0 aromatic carbocycles. The van der Waals surface area contributed by atoms with Gasteiger partial charge in [0.15, 0.2) is 0 Å². The Morgan fingerprint density at radius 1 is 0.864 bits per heavy atom. The quantitative estimate of drug-likeness (QED) is 0.402. The summed E-state index contributed by atoms with van der Waals surface area (Å²) < 4.78 is 0. The Morgan fingerprint density at radius 2 is 1.32 bits per heavy atom. The number of carbonyl (C=O) groups excluding carboxylic acids is 1. The maximum Gasteiger partial charge on any atom is 0.220 e. The van der Waals surface area contributed by atoms with Gasteiger partial charge < -0.3 is 10.8 Å². The fraction of sp³-hybridized carbons (Fsp3) is 0.947. The van der Waals surface area contributed by atoms with E-state index in [9.17, 15) is 9.90 Å². The van der Waals surface area contributed by atoms with Gasteiger partial charge in [0.25, 0.3) is 0 Å². The molecule has 3 nitrogen and oxygen atoms in total. The van der Waals surface area contributed by atoms with Crippen LogP contribution >= 0.6 is 0 Å². The number of amides is 1. The predicted molar refractivity (Wildman–Crippen MR) is 94.6 cm³/mol. The first-order chi connectivity index (χ1) is 10.7. The molecule has 0 aliphatic rings. The fourth-order valence-electron chi connectivity index (χ4n) is 3.18. The molecular weight excluding hydrogens is 274 g/mol. The van der Waals surface area contributed by atoms with Gasteiger partial charge in [-0.25, -0.2) is 0 Å². The second-order valence-corrected chi connectivity index (χ2v) is 6.68. The lowest BCUT2D eigenvalue weighted by Gasteiger charge is -2.21. The first-order valence-corrected chi connectivity index (χ1v) is 9.57. The van der Waals surface area contributed by atoms with Crippen LogP contribution in [0, 0.1) is 11.8 Å². The van der Waals surface area contributed by atoms with Crippen LogP contribution < -0.4 is 5.73 Å². The number of nitrogens with two attached hydrogens (primary N) is 1. The number of primary amides is 1. The summed E-state index contributed by atoms with van der Waals surface area (Å²) in [6.07, 6.45) is 16.1. The lowest BCUT2D eigenvalue weighted by atomic mass is 9.85. The lowest BCUT2D eigenvalue weighted by Crippen LogP contribution is -2.31. The molecule has 3 heteroatoms. The first kappa shape index (κ1) is 21.4. The highest BCUT2D eigenvalue weighted by molar-refractivity contribution is 5.76. The van der Waals surface area contributed by atoms with Crippen molar-refractivity contribution in [3.05, 3.63) is 0 Å². The van der Waals surface area contributed by atoms with Gasteiger partial charge in [0, 0.05) is 12.5 Å². The Balaban J connectivity index is 3.52. The SMILES string of the molecule is CCCCCCCCCCCCCC(C(N)=O)C(CC)CO. The summed E-state index contributed by atoms with van der Waals surface area (Å²) in [4.78, 5) is 11.5. The van der Waals surface area contributed by atoms with E-state index >= 15 is 0 Å². The number of carbonyl (C=O) groups is 1. The van der Waals surface area contributed by atoms with E-state index in [4.69, 9.17) is 5.73 Å². The second-order valence-electron chi connectivity index (χ2n) is 6.68. The Bertz CT molecular complexity index is 252. The molecule has 0 radical (unpaired) electrons. The zero-order chi connectivity index (χ0) is 16.6. The molecule has 2 unspecified atom stereocenters. The van der Waals surface area contributed by atoms with E-state index in [2.05, 4.69) is 6.92 Å². The van der Waals surface area contributed by atoms with Gasteiger partial charge in [-0.05, 0) is 12.3 Å². The molecule has 0 fully saturated rings. The number of aliphatic hydroxyl groups is 1. The Kier molecular flexibility index (Phi) is 14.9. The summed E-state index contributed by atoms with van der Waals surface area (Å²) in [5.74, 6) is -0.345. The van der Waals surface area contributed by atoms with Crippen LogP contribution in [0.4, 0.5) is 0 Å². The molecule has 0 rings (SSSR count). The smallest absolute Gasteiger partial charge is 0.220 e. The number of hydrogen-bond donors (Lipinski definition) is 2. The van der Waals surface area contributed by atoms with Crippen molar-refractivity contribution < 1.29 is 9.90 Å². The first-order valence-electron chi connectivity index (χ1n) is 9.57. The number of hydrogen-bond acceptors (Lipinski definition) is 2. The second kappa shape index (κ2) is 15.3. The molecule has 0 bridgehead atoms. The van der Waals surface area contributed by atoms with E-state index in [1.165, 1.54) is 64.2 Å². The minimum absolute atomic E-state index is 0.0422. The van der Waals surface area contributed by atoms with Crippen molar-refractivity contribution in [3.63, 3.8) is 0 Å². The van der Waals surface area contributed by atoms with E-state index in [0.717, 1.165) is 19.3 Å². The summed E-state index contributed by atoms with van der Waals surface area (Å²) in [6.45, 7) is 4.34. The van der Waals surface area contributed by atoms with Gasteiger partial charge in [0.2, 0.25) is 5.91 Å². The zero-order valence-corrected chi connectivity index (χ0v) is 15.0. The van der Waals surface area contributed by atoms with Gasteiger partial charge in [0.1, 0.15) is 0 Å². The Hall–Kier alpha value is -0.570. The van der Waals surface area contributed by atoms with E-state index < -0.39 is 0 Å². The van der Waals surface area contributed by atoms with E-state index in [0.29, 0.717) is 0 Å². The van der Waals surface area contributed by atoms with Crippen LogP contribution in [0.2, 0.25) is 0 Å². The molecule has 0 saturated carbocycles. The molecule has 0 spiro atoms. The molecular formula is C19H39NO2. The zero-order valence-electron chi connectivity index (χ0n) is 15.0. The third kappa shape index (κ3) is 11.1.